The molecule has 1 aromatic heterocycles. The van der Waals surface area contributed by atoms with Gasteiger partial charge in [-0.3, -0.25) is 0 Å². The van der Waals surface area contributed by atoms with Crippen molar-refractivity contribution in [1.29, 1.82) is 0 Å². The maximum Gasteiger partial charge on any atom is 0.230 e. The van der Waals surface area contributed by atoms with Gasteiger partial charge in [0.1, 0.15) is 5.75 Å². The molecule has 100 valence electrons. The van der Waals surface area contributed by atoms with Crippen molar-refractivity contribution in [3.63, 3.8) is 0 Å². The van der Waals surface area contributed by atoms with Gasteiger partial charge in [-0.25, -0.2) is 0 Å². The first-order valence-electron chi connectivity index (χ1n) is 5.65. The van der Waals surface area contributed by atoms with E-state index in [1.165, 1.54) is 0 Å². The topological polar surface area (TPSA) is 74.2 Å². The minimum atomic E-state index is 0.145. The molecule has 0 amide bonds. The van der Waals surface area contributed by atoms with Gasteiger partial charge < -0.3 is 15.3 Å². The molecule has 0 bridgehead atoms. The van der Waals surface area contributed by atoms with Gasteiger partial charge in [0.2, 0.25) is 17.2 Å². The Balaban J connectivity index is 2.08. The number of nitrogens with zero attached hydrogens (tertiary/aromatic N) is 4. The van der Waals surface area contributed by atoms with E-state index >= 15 is 0 Å². The fourth-order valence-corrected chi connectivity index (χ4v) is 1.57. The van der Waals surface area contributed by atoms with Crippen molar-refractivity contribution in [2.75, 3.05) is 24.3 Å². The average Bonchev–Trinajstić information content (AvgIpc) is 2.37. The smallest absolute Gasteiger partial charge is 0.230 e. The zero-order valence-electron chi connectivity index (χ0n) is 10.6. The van der Waals surface area contributed by atoms with Gasteiger partial charge >= 0.3 is 0 Å². The molecule has 0 aliphatic carbocycles. The van der Waals surface area contributed by atoms with Crippen LogP contribution in [-0.4, -0.2) is 34.2 Å². The van der Waals surface area contributed by atoms with Crippen LogP contribution in [0.25, 0.3) is 0 Å². The normalized spacial score (nSPS) is 10.3. The van der Waals surface area contributed by atoms with E-state index in [1.807, 2.05) is 26.2 Å². The second-order valence-electron chi connectivity index (χ2n) is 4.14. The Kier molecular flexibility index (Phi) is 4.01. The molecule has 0 saturated carbocycles. The molecule has 1 aromatic carbocycles. The van der Waals surface area contributed by atoms with E-state index in [4.69, 9.17) is 11.6 Å². The summed E-state index contributed by atoms with van der Waals surface area (Å²) in [5, 5.41) is 12.4. The Hall–Kier alpha value is -2.08. The molecule has 2 rings (SSSR count). The van der Waals surface area contributed by atoms with Crippen LogP contribution in [0.4, 0.5) is 11.9 Å². The van der Waals surface area contributed by atoms with Crippen LogP contribution < -0.4 is 10.2 Å². The van der Waals surface area contributed by atoms with Crippen LogP contribution in [0.15, 0.2) is 24.3 Å². The number of rotatable bonds is 4. The number of hydrogen-bond acceptors (Lipinski definition) is 6. The van der Waals surface area contributed by atoms with Gasteiger partial charge in [-0.15, -0.1) is 0 Å². The first-order chi connectivity index (χ1) is 9.04. The van der Waals surface area contributed by atoms with Gasteiger partial charge in [-0.05, 0) is 29.3 Å². The number of aromatic nitrogens is 3. The molecular formula is C12H14ClN5O. The maximum atomic E-state index is 9.20. The van der Waals surface area contributed by atoms with Crippen molar-refractivity contribution in [1.82, 2.24) is 15.0 Å². The van der Waals surface area contributed by atoms with E-state index in [0.29, 0.717) is 18.4 Å². The van der Waals surface area contributed by atoms with Crippen LogP contribution in [0.2, 0.25) is 5.28 Å². The summed E-state index contributed by atoms with van der Waals surface area (Å²) in [5.74, 6) is 1.15. The number of halogens is 1. The highest BCUT2D eigenvalue weighted by molar-refractivity contribution is 6.28. The third kappa shape index (κ3) is 3.69. The number of anilines is 2. The van der Waals surface area contributed by atoms with E-state index in [0.717, 1.165) is 5.56 Å². The summed E-state index contributed by atoms with van der Waals surface area (Å²) in [7, 11) is 3.66. The van der Waals surface area contributed by atoms with Crippen LogP contribution in [0.5, 0.6) is 5.75 Å². The molecule has 19 heavy (non-hydrogen) atoms. The second-order valence-corrected chi connectivity index (χ2v) is 4.48. The van der Waals surface area contributed by atoms with Crippen molar-refractivity contribution >= 4 is 23.5 Å². The van der Waals surface area contributed by atoms with Crippen LogP contribution >= 0.6 is 11.6 Å². The molecule has 0 aliphatic heterocycles. The Morgan fingerprint density at radius 3 is 2.47 bits per heavy atom. The van der Waals surface area contributed by atoms with Gasteiger partial charge in [-0.2, -0.15) is 15.0 Å². The highest BCUT2D eigenvalue weighted by Crippen LogP contribution is 2.14. The summed E-state index contributed by atoms with van der Waals surface area (Å²) in [4.78, 5) is 14.0. The lowest BCUT2D eigenvalue weighted by molar-refractivity contribution is 0.475. The molecule has 0 fully saturated rings. The highest BCUT2D eigenvalue weighted by Gasteiger charge is 2.06. The molecule has 2 N–H and O–H groups in total. The van der Waals surface area contributed by atoms with Crippen molar-refractivity contribution in [3.05, 3.63) is 35.1 Å². The fraction of sp³-hybridized carbons (Fsp3) is 0.250. The van der Waals surface area contributed by atoms with E-state index < -0.39 is 0 Å². The minimum Gasteiger partial charge on any atom is -0.508 e. The SMILES string of the molecule is CN(C)c1nc(Cl)nc(NCc2ccc(O)cc2)n1. The monoisotopic (exact) mass is 279 g/mol. The molecule has 1 heterocycles. The zero-order valence-corrected chi connectivity index (χ0v) is 11.4. The molecule has 6 nitrogen and oxygen atoms in total. The number of phenols is 1. The van der Waals surface area contributed by atoms with Gasteiger partial charge in [0.05, 0.1) is 0 Å². The van der Waals surface area contributed by atoms with Crippen molar-refractivity contribution in [3.8, 4) is 5.75 Å². The standard InChI is InChI=1S/C12H14ClN5O/c1-18(2)12-16-10(13)15-11(17-12)14-7-8-3-5-9(19)6-4-8/h3-6,19H,7H2,1-2H3,(H,14,15,16,17). The van der Waals surface area contributed by atoms with E-state index in [-0.39, 0.29) is 11.0 Å². The zero-order chi connectivity index (χ0) is 13.8. The Bertz CT molecular complexity index is 559. The first-order valence-corrected chi connectivity index (χ1v) is 6.03. The molecule has 0 atom stereocenters. The predicted octanol–water partition coefficient (Wildman–Crippen LogP) is 1.91. The lowest BCUT2D eigenvalue weighted by Gasteiger charge is -2.11. The molecule has 0 saturated heterocycles. The molecule has 0 radical (unpaired) electrons. The molecule has 2 aromatic rings. The molecular weight excluding hydrogens is 266 g/mol. The Morgan fingerprint density at radius 1 is 1.16 bits per heavy atom. The van der Waals surface area contributed by atoms with Crippen LogP contribution in [0, 0.1) is 0 Å². The van der Waals surface area contributed by atoms with E-state index in [1.54, 1.807) is 17.0 Å². The van der Waals surface area contributed by atoms with Crippen LogP contribution in [0.1, 0.15) is 5.56 Å². The van der Waals surface area contributed by atoms with Crippen molar-refractivity contribution in [2.24, 2.45) is 0 Å². The molecule has 0 aliphatic rings. The lowest BCUT2D eigenvalue weighted by Crippen LogP contribution is -2.15. The molecule has 7 heteroatoms. The van der Waals surface area contributed by atoms with Gasteiger partial charge in [0, 0.05) is 20.6 Å². The maximum absolute atomic E-state index is 9.20. The third-order valence-electron chi connectivity index (χ3n) is 2.38. The first kappa shape index (κ1) is 13.4. The van der Waals surface area contributed by atoms with E-state index in [2.05, 4.69) is 20.3 Å². The molecule has 0 spiro atoms. The van der Waals surface area contributed by atoms with Crippen molar-refractivity contribution < 1.29 is 5.11 Å². The van der Waals surface area contributed by atoms with Gasteiger partial charge in [0.15, 0.2) is 0 Å². The number of phenolic OH excluding ortho intramolecular Hbond substituents is 1. The average molecular weight is 280 g/mol. The van der Waals surface area contributed by atoms with Gasteiger partial charge in [-0.1, -0.05) is 12.1 Å². The predicted molar refractivity (Wildman–Crippen MR) is 74.6 cm³/mol. The highest BCUT2D eigenvalue weighted by atomic mass is 35.5. The summed E-state index contributed by atoms with van der Waals surface area (Å²) < 4.78 is 0. The summed E-state index contributed by atoms with van der Waals surface area (Å²) in [6, 6.07) is 6.89. The summed E-state index contributed by atoms with van der Waals surface area (Å²) in [6.07, 6.45) is 0. The quantitative estimate of drug-likeness (QED) is 0.890. The largest absolute Gasteiger partial charge is 0.508 e. The summed E-state index contributed by atoms with van der Waals surface area (Å²) >= 11 is 5.83. The van der Waals surface area contributed by atoms with Crippen molar-refractivity contribution in [2.45, 2.75) is 6.54 Å². The summed E-state index contributed by atoms with van der Waals surface area (Å²) in [5.41, 5.74) is 1.00. The number of hydrogen-bond donors (Lipinski definition) is 2. The number of benzene rings is 1. The molecule has 0 unspecified atom stereocenters. The number of aromatic hydroxyl groups is 1. The van der Waals surface area contributed by atoms with E-state index in [9.17, 15) is 5.11 Å². The summed E-state index contributed by atoms with van der Waals surface area (Å²) in [6.45, 7) is 0.535. The Morgan fingerprint density at radius 2 is 1.84 bits per heavy atom. The number of nitrogens with one attached hydrogen (secondary N) is 1. The van der Waals surface area contributed by atoms with Gasteiger partial charge in [0.25, 0.3) is 0 Å². The minimum absolute atomic E-state index is 0.145. The lowest BCUT2D eigenvalue weighted by atomic mass is 10.2. The second kappa shape index (κ2) is 5.71. The van der Waals surface area contributed by atoms with Crippen LogP contribution in [0.3, 0.4) is 0 Å². The fourth-order valence-electron chi connectivity index (χ4n) is 1.41. The Labute approximate surface area is 116 Å². The third-order valence-corrected chi connectivity index (χ3v) is 2.55. The van der Waals surface area contributed by atoms with Crippen LogP contribution in [-0.2, 0) is 6.54 Å².